The molecule has 0 unspecified atom stereocenters. The molecular weight excluding hydrogens is 868 g/mol. The number of aliphatic hydroxyl groups is 8. The van der Waals surface area contributed by atoms with Crippen molar-refractivity contribution in [1.82, 2.24) is 0 Å². The van der Waals surface area contributed by atoms with E-state index in [1.54, 1.807) is 12.1 Å². The van der Waals surface area contributed by atoms with Crippen LogP contribution in [0.5, 0.6) is 5.75 Å². The zero-order valence-electron chi connectivity index (χ0n) is 37.8. The van der Waals surface area contributed by atoms with Gasteiger partial charge in [0.1, 0.15) is 83.3 Å². The Morgan fingerprint density at radius 3 is 0.785 bits per heavy atom. The zero-order chi connectivity index (χ0) is 50.1. The lowest BCUT2D eigenvalue weighted by Gasteiger charge is -2.33. The lowest BCUT2D eigenvalue weighted by Crippen LogP contribution is -2.49. The maximum Gasteiger partial charge on any atom is 0.324 e. The van der Waals surface area contributed by atoms with Gasteiger partial charge in [-0.25, -0.2) is 0 Å². The van der Waals surface area contributed by atoms with Crippen LogP contribution in [0.3, 0.4) is 0 Å². The van der Waals surface area contributed by atoms with Crippen LogP contribution in [0.2, 0.25) is 0 Å². The van der Waals surface area contributed by atoms with Gasteiger partial charge in [0, 0.05) is 0 Å². The van der Waals surface area contributed by atoms with E-state index in [4.69, 9.17) is 33.2 Å². The molecule has 0 aliphatic rings. The van der Waals surface area contributed by atoms with E-state index < -0.39 is 172 Å². The van der Waals surface area contributed by atoms with E-state index in [-0.39, 0.29) is 5.75 Å². The van der Waals surface area contributed by atoms with Crippen LogP contribution in [-0.2, 0) is 62.0 Å². The molecule has 0 bridgehead atoms. The van der Waals surface area contributed by atoms with Crippen LogP contribution in [0.15, 0.2) is 30.8 Å². The Kier molecular flexibility index (Phi) is 21.8. The third-order valence-electron chi connectivity index (χ3n) is 10.7. The van der Waals surface area contributed by atoms with Crippen molar-refractivity contribution in [2.45, 2.75) is 48.5 Å². The molecule has 1 aromatic carbocycles. The Balaban J connectivity index is 3.71. The summed E-state index contributed by atoms with van der Waals surface area (Å²) >= 11 is 0. The van der Waals surface area contributed by atoms with Crippen molar-refractivity contribution in [2.75, 3.05) is 92.5 Å². The Morgan fingerprint density at radius 2 is 0.585 bits per heavy atom. The van der Waals surface area contributed by atoms with Gasteiger partial charge in [-0.1, -0.05) is 24.8 Å². The molecule has 0 fully saturated rings. The average molecular weight is 933 g/mol. The van der Waals surface area contributed by atoms with Crippen LogP contribution < -0.4 is 4.74 Å². The lowest BCUT2D eigenvalue weighted by atomic mass is 9.89. The maximum absolute atomic E-state index is 14.0. The van der Waals surface area contributed by atoms with E-state index in [1.807, 2.05) is 0 Å². The summed E-state index contributed by atoms with van der Waals surface area (Å²) in [7, 11) is 0. The quantitative estimate of drug-likeness (QED) is 0.0257. The van der Waals surface area contributed by atoms with Gasteiger partial charge in [0.25, 0.3) is 0 Å². The first-order valence-corrected chi connectivity index (χ1v) is 20.0. The molecule has 0 amide bonds. The van der Waals surface area contributed by atoms with E-state index in [2.05, 4.69) is 6.58 Å². The van der Waals surface area contributed by atoms with Crippen molar-refractivity contribution in [3.05, 3.63) is 36.4 Å². The number of esters is 7. The smallest absolute Gasteiger partial charge is 0.324 e. The predicted molar refractivity (Wildman–Crippen MR) is 221 cm³/mol. The third-order valence-corrected chi connectivity index (χ3v) is 10.7. The number of carbonyl (C=O) groups excluding carboxylic acids is 7. The zero-order valence-corrected chi connectivity index (χ0v) is 37.8. The highest BCUT2D eigenvalue weighted by molar-refractivity contribution is 5.84. The minimum Gasteiger partial charge on any atom is -0.464 e. The van der Waals surface area contributed by atoms with E-state index in [1.165, 1.54) is 18.2 Å². The van der Waals surface area contributed by atoms with E-state index >= 15 is 0 Å². The van der Waals surface area contributed by atoms with Gasteiger partial charge in [0.15, 0.2) is 0 Å². The van der Waals surface area contributed by atoms with Gasteiger partial charge in [0.2, 0.25) is 0 Å². The Bertz CT molecular complexity index is 1630. The summed E-state index contributed by atoms with van der Waals surface area (Å²) in [4.78, 5) is 93.5. The normalized spacial score (nSPS) is 12.7. The predicted octanol–water partition coefficient (Wildman–Crippen LogP) is -1.52. The van der Waals surface area contributed by atoms with Crippen molar-refractivity contribution >= 4 is 47.9 Å². The van der Waals surface area contributed by atoms with Gasteiger partial charge in [-0.2, -0.15) is 0 Å². The minimum atomic E-state index is -2.16. The number of ether oxygens (including phenoxy) is 7. The maximum atomic E-state index is 14.0. The summed E-state index contributed by atoms with van der Waals surface area (Å²) in [5.74, 6) is -8.54. The second-order valence-electron chi connectivity index (χ2n) is 17.8. The summed E-state index contributed by atoms with van der Waals surface area (Å²) in [5, 5.41) is 77.5. The molecule has 368 valence electrons. The largest absolute Gasteiger partial charge is 0.464 e. The average Bonchev–Trinajstić information content (AvgIpc) is 3.32. The second-order valence-corrected chi connectivity index (χ2v) is 17.8. The van der Waals surface area contributed by atoms with Crippen LogP contribution in [-0.4, -0.2) is 175 Å². The first-order chi connectivity index (χ1) is 30.2. The fourth-order valence-corrected chi connectivity index (χ4v) is 4.49. The summed E-state index contributed by atoms with van der Waals surface area (Å²) in [6.07, 6.45) is 1.51. The van der Waals surface area contributed by atoms with Crippen LogP contribution in [0, 0.1) is 37.9 Å². The molecule has 0 radical (unpaired) electrons. The van der Waals surface area contributed by atoms with Gasteiger partial charge in [-0.15, -0.1) is 0 Å². The highest BCUT2D eigenvalue weighted by atomic mass is 16.6. The van der Waals surface area contributed by atoms with Crippen LogP contribution in [0.25, 0.3) is 6.08 Å². The lowest BCUT2D eigenvalue weighted by molar-refractivity contribution is -0.183. The molecule has 22 heteroatoms. The molecule has 0 aliphatic carbocycles. The van der Waals surface area contributed by atoms with Crippen molar-refractivity contribution in [3.8, 4) is 5.75 Å². The molecule has 0 spiro atoms. The van der Waals surface area contributed by atoms with E-state index in [9.17, 15) is 74.4 Å². The van der Waals surface area contributed by atoms with Crippen LogP contribution >= 0.6 is 0 Å². The van der Waals surface area contributed by atoms with Gasteiger partial charge >= 0.3 is 41.8 Å². The molecule has 0 aliphatic heterocycles. The fourth-order valence-electron chi connectivity index (χ4n) is 4.49. The summed E-state index contributed by atoms with van der Waals surface area (Å²) in [6.45, 7) is -1.06. The monoisotopic (exact) mass is 932 g/mol. The molecule has 1 aromatic rings. The van der Waals surface area contributed by atoms with E-state index in [0.29, 0.717) is 5.56 Å². The first kappa shape index (κ1) is 57.9. The summed E-state index contributed by atoms with van der Waals surface area (Å²) in [5.41, 5.74) is -13.2. The van der Waals surface area contributed by atoms with E-state index in [0.717, 1.165) is 48.5 Å². The number of hydrogen-bond donors (Lipinski definition) is 8. The highest BCUT2D eigenvalue weighted by Gasteiger charge is 2.48. The van der Waals surface area contributed by atoms with Gasteiger partial charge in [-0.05, 0) is 66.2 Å². The van der Waals surface area contributed by atoms with Gasteiger partial charge in [0.05, 0.1) is 52.9 Å². The van der Waals surface area contributed by atoms with Gasteiger partial charge in [-0.3, -0.25) is 33.6 Å². The molecule has 65 heavy (non-hydrogen) atoms. The van der Waals surface area contributed by atoms with Crippen LogP contribution in [0.4, 0.5) is 0 Å². The Morgan fingerprint density at radius 1 is 0.385 bits per heavy atom. The summed E-state index contributed by atoms with van der Waals surface area (Å²) in [6, 6.07) is 5.88. The van der Waals surface area contributed by atoms with Crippen molar-refractivity contribution in [3.63, 3.8) is 0 Å². The number of hydrogen-bond acceptors (Lipinski definition) is 22. The van der Waals surface area contributed by atoms with Crippen molar-refractivity contribution in [1.29, 1.82) is 0 Å². The molecule has 0 saturated carbocycles. The molecule has 0 atom stereocenters. The first-order valence-electron chi connectivity index (χ1n) is 20.0. The Labute approximate surface area is 376 Å². The fraction of sp³-hybridized carbons (Fsp3) is 0.651. The minimum absolute atomic E-state index is 0.0323. The molecular formula is C43H64O22. The summed E-state index contributed by atoms with van der Waals surface area (Å²) < 4.78 is 37.6. The molecule has 0 saturated heterocycles. The number of rotatable bonds is 29. The molecule has 1 rings (SSSR count). The Hall–Kier alpha value is -5.07. The number of benzene rings is 1. The van der Waals surface area contributed by atoms with Crippen molar-refractivity contribution in [2.24, 2.45) is 37.9 Å². The second kappa shape index (κ2) is 24.5. The number of aliphatic hydroxyl groups excluding tert-OH is 8. The SMILES string of the molecule is C=Cc1ccc(OC(=O)C(C)(COC(=O)C(C)(COC(=O)C(C)(CO)CO)COC(=O)C(C)(CO)CO)COC(=O)C(C)(COC(=O)C(C)(CO)CO)COC(=O)C(C)(CO)CO)cc1. The third kappa shape index (κ3) is 15.0. The number of carbonyl (C=O) groups is 7. The van der Waals surface area contributed by atoms with Crippen molar-refractivity contribution < 1.29 is 108 Å². The standard InChI is InChI=1S/C43H64O22/c1-9-28-10-12-29(13-11-28)65-36(58)43(8,26-63-34(56)41(6,22-59-30(52)37(2,14-44)15-45)23-60-31(53)38(3,16-46)17-47)27-64-35(57)42(7,24-61-32(54)39(4,18-48)19-49)25-62-33(55)40(5,20-50)21-51/h9-13,44-51H,1,14-27H2,2-8H3. The topological polar surface area (TPSA) is 346 Å². The molecule has 22 nitrogen and oxygen atoms in total. The molecule has 0 aromatic heterocycles. The highest BCUT2D eigenvalue weighted by Crippen LogP contribution is 2.31. The molecule has 8 N–H and O–H groups in total. The van der Waals surface area contributed by atoms with Gasteiger partial charge < -0.3 is 74.0 Å². The van der Waals surface area contributed by atoms with Crippen LogP contribution in [0.1, 0.15) is 54.0 Å². The molecule has 0 heterocycles.